The van der Waals surface area contributed by atoms with Crippen LogP contribution in [-0.2, 0) is 11.3 Å². The van der Waals surface area contributed by atoms with Crippen LogP contribution < -0.4 is 9.80 Å². The Labute approximate surface area is 135 Å². The zero-order chi connectivity index (χ0) is 15.4. The quantitative estimate of drug-likeness (QED) is 0.867. The zero-order valence-electron chi connectivity index (χ0n) is 12.6. The number of aromatic nitrogens is 2. The van der Waals surface area contributed by atoms with Crippen molar-refractivity contribution >= 4 is 23.2 Å². The highest BCUT2D eigenvalue weighted by Crippen LogP contribution is 2.19. The Morgan fingerprint density at radius 3 is 2.41 bits per heavy atom. The zero-order valence-corrected chi connectivity index (χ0v) is 13.3. The van der Waals surface area contributed by atoms with Gasteiger partial charge in [-0.25, -0.2) is 9.97 Å². The van der Waals surface area contributed by atoms with Gasteiger partial charge in [0.25, 0.3) is 0 Å². The van der Waals surface area contributed by atoms with Crippen LogP contribution in [0.25, 0.3) is 0 Å². The SMILES string of the molecule is COCc1cccc(N2CCN(c3ccc(Cl)cn3)CC2)n1. The molecule has 5 nitrogen and oxygen atoms in total. The molecule has 0 unspecified atom stereocenters. The lowest BCUT2D eigenvalue weighted by Gasteiger charge is -2.36. The lowest BCUT2D eigenvalue weighted by atomic mass is 10.3. The van der Waals surface area contributed by atoms with E-state index in [1.165, 1.54) is 0 Å². The van der Waals surface area contributed by atoms with Gasteiger partial charge in [-0.1, -0.05) is 17.7 Å². The molecule has 1 fully saturated rings. The molecule has 1 saturated heterocycles. The molecule has 2 aromatic heterocycles. The van der Waals surface area contributed by atoms with Crippen LogP contribution in [0, 0.1) is 0 Å². The van der Waals surface area contributed by atoms with Crippen molar-refractivity contribution in [1.82, 2.24) is 9.97 Å². The fraction of sp³-hybridized carbons (Fsp3) is 0.375. The molecule has 3 heterocycles. The molecule has 2 aromatic rings. The van der Waals surface area contributed by atoms with Gasteiger partial charge in [0, 0.05) is 39.5 Å². The molecule has 0 amide bonds. The van der Waals surface area contributed by atoms with Crippen LogP contribution in [0.15, 0.2) is 36.5 Å². The first-order valence-electron chi connectivity index (χ1n) is 7.32. The molecule has 0 bridgehead atoms. The minimum absolute atomic E-state index is 0.544. The Morgan fingerprint density at radius 1 is 1.05 bits per heavy atom. The molecular weight excluding hydrogens is 300 g/mol. The Kier molecular flexibility index (Phi) is 4.75. The third-order valence-electron chi connectivity index (χ3n) is 3.72. The molecule has 1 aliphatic rings. The van der Waals surface area contributed by atoms with Crippen molar-refractivity contribution in [1.29, 1.82) is 0 Å². The summed E-state index contributed by atoms with van der Waals surface area (Å²) in [6.45, 7) is 4.24. The number of hydrogen-bond acceptors (Lipinski definition) is 5. The first kappa shape index (κ1) is 15.1. The molecule has 0 atom stereocenters. The van der Waals surface area contributed by atoms with Gasteiger partial charge < -0.3 is 14.5 Å². The third-order valence-corrected chi connectivity index (χ3v) is 3.95. The second kappa shape index (κ2) is 6.94. The monoisotopic (exact) mass is 318 g/mol. The number of nitrogens with zero attached hydrogens (tertiary/aromatic N) is 4. The maximum Gasteiger partial charge on any atom is 0.129 e. The third kappa shape index (κ3) is 3.48. The maximum absolute atomic E-state index is 5.89. The molecule has 0 saturated carbocycles. The van der Waals surface area contributed by atoms with E-state index in [2.05, 4.69) is 25.8 Å². The fourth-order valence-corrected chi connectivity index (χ4v) is 2.70. The molecule has 0 aliphatic carbocycles. The van der Waals surface area contributed by atoms with Gasteiger partial charge >= 0.3 is 0 Å². The van der Waals surface area contributed by atoms with Crippen molar-refractivity contribution in [3.8, 4) is 0 Å². The van der Waals surface area contributed by atoms with Crippen molar-refractivity contribution in [3.05, 3.63) is 47.2 Å². The topological polar surface area (TPSA) is 41.5 Å². The van der Waals surface area contributed by atoms with Gasteiger partial charge in [0.05, 0.1) is 17.3 Å². The van der Waals surface area contributed by atoms with Crippen molar-refractivity contribution in [2.45, 2.75) is 6.61 Å². The van der Waals surface area contributed by atoms with E-state index >= 15 is 0 Å². The van der Waals surface area contributed by atoms with E-state index in [9.17, 15) is 0 Å². The van der Waals surface area contributed by atoms with Crippen LogP contribution >= 0.6 is 11.6 Å². The summed E-state index contributed by atoms with van der Waals surface area (Å²) >= 11 is 5.89. The smallest absolute Gasteiger partial charge is 0.129 e. The van der Waals surface area contributed by atoms with Crippen molar-refractivity contribution in [3.63, 3.8) is 0 Å². The van der Waals surface area contributed by atoms with E-state index in [1.54, 1.807) is 13.3 Å². The first-order valence-corrected chi connectivity index (χ1v) is 7.70. The number of halogens is 1. The van der Waals surface area contributed by atoms with Gasteiger partial charge in [0.1, 0.15) is 11.6 Å². The summed E-state index contributed by atoms with van der Waals surface area (Å²) in [5, 5.41) is 0.668. The minimum Gasteiger partial charge on any atom is -0.378 e. The number of piperazine rings is 1. The summed E-state index contributed by atoms with van der Waals surface area (Å²) in [6, 6.07) is 9.92. The van der Waals surface area contributed by atoms with Crippen LogP contribution in [0.2, 0.25) is 5.02 Å². The summed E-state index contributed by atoms with van der Waals surface area (Å²) in [7, 11) is 1.69. The number of anilines is 2. The summed E-state index contributed by atoms with van der Waals surface area (Å²) in [4.78, 5) is 13.6. The highest BCUT2D eigenvalue weighted by molar-refractivity contribution is 6.30. The van der Waals surface area contributed by atoms with Gasteiger partial charge in [0.2, 0.25) is 0 Å². The largest absolute Gasteiger partial charge is 0.378 e. The van der Waals surface area contributed by atoms with E-state index in [-0.39, 0.29) is 0 Å². The van der Waals surface area contributed by atoms with E-state index in [0.717, 1.165) is 43.5 Å². The van der Waals surface area contributed by atoms with Gasteiger partial charge in [-0.2, -0.15) is 0 Å². The van der Waals surface area contributed by atoms with E-state index in [0.29, 0.717) is 11.6 Å². The summed E-state index contributed by atoms with van der Waals surface area (Å²) in [5.41, 5.74) is 0.960. The maximum atomic E-state index is 5.89. The average molecular weight is 319 g/mol. The number of methoxy groups -OCH3 is 1. The number of rotatable bonds is 4. The normalized spacial score (nSPS) is 15.2. The van der Waals surface area contributed by atoms with Crippen LogP contribution in [0.1, 0.15) is 5.69 Å². The Hall–Kier alpha value is -1.85. The molecule has 6 heteroatoms. The molecule has 3 rings (SSSR count). The summed E-state index contributed by atoms with van der Waals surface area (Å²) in [5.74, 6) is 1.99. The number of pyridine rings is 2. The van der Waals surface area contributed by atoms with Crippen molar-refractivity contribution in [2.24, 2.45) is 0 Å². The molecule has 22 heavy (non-hydrogen) atoms. The Bertz CT molecular complexity index is 612. The molecule has 0 N–H and O–H groups in total. The van der Waals surface area contributed by atoms with Crippen LogP contribution in [-0.4, -0.2) is 43.3 Å². The summed E-state index contributed by atoms with van der Waals surface area (Å²) in [6.07, 6.45) is 1.69. The second-order valence-corrected chi connectivity index (χ2v) is 5.67. The average Bonchev–Trinajstić information content (AvgIpc) is 2.56. The second-order valence-electron chi connectivity index (χ2n) is 5.23. The predicted molar refractivity (Wildman–Crippen MR) is 88.6 cm³/mol. The van der Waals surface area contributed by atoms with Crippen LogP contribution in [0.3, 0.4) is 0 Å². The van der Waals surface area contributed by atoms with E-state index in [1.807, 2.05) is 24.3 Å². The lowest BCUT2D eigenvalue weighted by Crippen LogP contribution is -2.47. The lowest BCUT2D eigenvalue weighted by molar-refractivity contribution is 0.181. The number of ether oxygens (including phenoxy) is 1. The van der Waals surface area contributed by atoms with E-state index in [4.69, 9.17) is 16.3 Å². The molecule has 116 valence electrons. The summed E-state index contributed by atoms with van der Waals surface area (Å²) < 4.78 is 5.15. The molecular formula is C16H19ClN4O. The molecule has 0 spiro atoms. The van der Waals surface area contributed by atoms with Gasteiger partial charge in [-0.15, -0.1) is 0 Å². The fourth-order valence-electron chi connectivity index (χ4n) is 2.59. The van der Waals surface area contributed by atoms with Crippen molar-refractivity contribution < 1.29 is 4.74 Å². The highest BCUT2D eigenvalue weighted by atomic mass is 35.5. The van der Waals surface area contributed by atoms with Crippen LogP contribution in [0.4, 0.5) is 11.6 Å². The standard InChI is InChI=1S/C16H19ClN4O/c1-22-12-14-3-2-4-16(19-14)21-9-7-20(8-10-21)15-6-5-13(17)11-18-15/h2-6,11H,7-10,12H2,1H3. The van der Waals surface area contributed by atoms with Gasteiger partial charge in [0.15, 0.2) is 0 Å². The van der Waals surface area contributed by atoms with E-state index < -0.39 is 0 Å². The van der Waals surface area contributed by atoms with Gasteiger partial charge in [-0.05, 0) is 24.3 Å². The number of hydrogen-bond donors (Lipinski definition) is 0. The van der Waals surface area contributed by atoms with Crippen molar-refractivity contribution in [2.75, 3.05) is 43.1 Å². The Balaban J connectivity index is 1.64. The predicted octanol–water partition coefficient (Wildman–Crippen LogP) is 2.60. The highest BCUT2D eigenvalue weighted by Gasteiger charge is 2.19. The Morgan fingerprint density at radius 2 is 1.77 bits per heavy atom. The van der Waals surface area contributed by atoms with Gasteiger partial charge in [-0.3, -0.25) is 0 Å². The molecule has 0 radical (unpaired) electrons. The molecule has 0 aromatic carbocycles. The first-order chi connectivity index (χ1) is 10.8. The molecule has 1 aliphatic heterocycles. The minimum atomic E-state index is 0.544. The van der Waals surface area contributed by atoms with Crippen LogP contribution in [0.5, 0.6) is 0 Å².